The predicted octanol–water partition coefficient (Wildman–Crippen LogP) is 5.30. The van der Waals surface area contributed by atoms with E-state index >= 15 is 0 Å². The van der Waals surface area contributed by atoms with Gasteiger partial charge in [-0.15, -0.1) is 0 Å². The van der Waals surface area contributed by atoms with Crippen LogP contribution >= 0.6 is 11.6 Å². The van der Waals surface area contributed by atoms with E-state index in [0.29, 0.717) is 10.6 Å². The lowest BCUT2D eigenvalue weighted by molar-refractivity contribution is 0.795. The maximum absolute atomic E-state index is 8.81. The fraction of sp³-hybridized carbons (Fsp3) is 0.235. The summed E-state index contributed by atoms with van der Waals surface area (Å²) in [6.45, 7) is 2.20. The fourth-order valence-corrected chi connectivity index (χ4v) is 2.20. The van der Waals surface area contributed by atoms with E-state index in [1.165, 1.54) is 18.4 Å². The molecule has 0 atom stereocenters. The molecule has 2 aromatic rings. The summed E-state index contributed by atoms with van der Waals surface area (Å²) in [5.74, 6) is 0. The van der Waals surface area contributed by atoms with Crippen molar-refractivity contribution in [1.82, 2.24) is 0 Å². The quantitative estimate of drug-likeness (QED) is 0.809. The minimum atomic E-state index is 0.555. The van der Waals surface area contributed by atoms with Crippen molar-refractivity contribution in [2.24, 2.45) is 0 Å². The van der Waals surface area contributed by atoms with Gasteiger partial charge in [-0.1, -0.05) is 37.1 Å². The molecule has 102 valence electrons. The number of hydrogen-bond acceptors (Lipinski definition) is 2. The van der Waals surface area contributed by atoms with E-state index in [2.05, 4.69) is 42.6 Å². The van der Waals surface area contributed by atoms with Gasteiger partial charge in [0.2, 0.25) is 0 Å². The highest BCUT2D eigenvalue weighted by atomic mass is 35.5. The molecular formula is C17H17ClN2. The summed E-state index contributed by atoms with van der Waals surface area (Å²) in [7, 11) is 0. The molecule has 2 aromatic carbocycles. The zero-order valence-corrected chi connectivity index (χ0v) is 12.2. The van der Waals surface area contributed by atoms with Gasteiger partial charge in [-0.2, -0.15) is 5.26 Å². The summed E-state index contributed by atoms with van der Waals surface area (Å²) < 4.78 is 0. The van der Waals surface area contributed by atoms with Crippen LogP contribution in [0.4, 0.5) is 11.4 Å². The van der Waals surface area contributed by atoms with Crippen molar-refractivity contribution in [3.63, 3.8) is 0 Å². The van der Waals surface area contributed by atoms with Gasteiger partial charge in [0.1, 0.15) is 0 Å². The molecule has 1 N–H and O–H groups in total. The Balaban J connectivity index is 2.08. The lowest BCUT2D eigenvalue weighted by atomic mass is 10.1. The average Bonchev–Trinajstić information content (AvgIpc) is 2.48. The SMILES string of the molecule is CCCCc1ccc(Nc2ccc(C#N)cc2Cl)cc1. The van der Waals surface area contributed by atoms with Crippen molar-refractivity contribution < 1.29 is 0 Å². The summed E-state index contributed by atoms with van der Waals surface area (Å²) >= 11 is 6.14. The molecule has 0 bridgehead atoms. The number of rotatable bonds is 5. The second-order valence-corrected chi connectivity index (χ2v) is 5.14. The molecule has 0 aliphatic heterocycles. The normalized spacial score (nSPS) is 10.1. The summed E-state index contributed by atoms with van der Waals surface area (Å²) in [5, 5.41) is 12.6. The van der Waals surface area contributed by atoms with Gasteiger partial charge in [0.15, 0.2) is 0 Å². The van der Waals surface area contributed by atoms with Crippen LogP contribution in [-0.4, -0.2) is 0 Å². The minimum Gasteiger partial charge on any atom is -0.354 e. The summed E-state index contributed by atoms with van der Waals surface area (Å²) in [5.41, 5.74) is 3.72. The Morgan fingerprint density at radius 3 is 2.50 bits per heavy atom. The highest BCUT2D eigenvalue weighted by Gasteiger charge is 2.02. The number of unbranched alkanes of at least 4 members (excludes halogenated alkanes) is 1. The molecule has 0 radical (unpaired) electrons. The van der Waals surface area contributed by atoms with E-state index in [0.717, 1.165) is 17.8 Å². The van der Waals surface area contributed by atoms with Gasteiger partial charge in [0.05, 0.1) is 22.3 Å². The van der Waals surface area contributed by atoms with Crippen LogP contribution in [0.3, 0.4) is 0 Å². The summed E-state index contributed by atoms with van der Waals surface area (Å²) in [6.07, 6.45) is 3.55. The third kappa shape index (κ3) is 3.76. The third-order valence-corrected chi connectivity index (χ3v) is 3.46. The highest BCUT2D eigenvalue weighted by Crippen LogP contribution is 2.26. The van der Waals surface area contributed by atoms with Gasteiger partial charge in [0, 0.05) is 5.69 Å². The van der Waals surface area contributed by atoms with E-state index in [-0.39, 0.29) is 0 Å². The molecule has 0 heterocycles. The van der Waals surface area contributed by atoms with Crippen molar-refractivity contribution in [2.45, 2.75) is 26.2 Å². The minimum absolute atomic E-state index is 0.555. The van der Waals surface area contributed by atoms with Crippen molar-refractivity contribution in [3.8, 4) is 6.07 Å². The first-order chi connectivity index (χ1) is 9.72. The first-order valence-corrected chi connectivity index (χ1v) is 7.16. The number of hydrogen-bond donors (Lipinski definition) is 1. The zero-order valence-electron chi connectivity index (χ0n) is 11.5. The van der Waals surface area contributed by atoms with Crippen LogP contribution < -0.4 is 5.32 Å². The Hall–Kier alpha value is -1.98. The first kappa shape index (κ1) is 14.4. The van der Waals surface area contributed by atoms with Crippen molar-refractivity contribution in [3.05, 3.63) is 58.6 Å². The lowest BCUT2D eigenvalue weighted by Crippen LogP contribution is -1.92. The average molecular weight is 285 g/mol. The molecule has 0 fully saturated rings. The van der Waals surface area contributed by atoms with Crippen LogP contribution in [0.5, 0.6) is 0 Å². The number of nitriles is 1. The molecule has 0 saturated heterocycles. The second kappa shape index (κ2) is 6.98. The number of nitrogens with one attached hydrogen (secondary N) is 1. The summed E-state index contributed by atoms with van der Waals surface area (Å²) in [6, 6.07) is 15.7. The van der Waals surface area contributed by atoms with Crippen molar-refractivity contribution >= 4 is 23.0 Å². The Morgan fingerprint density at radius 2 is 1.90 bits per heavy atom. The molecule has 0 spiro atoms. The van der Waals surface area contributed by atoms with E-state index in [4.69, 9.17) is 16.9 Å². The largest absolute Gasteiger partial charge is 0.354 e. The van der Waals surface area contributed by atoms with E-state index < -0.39 is 0 Å². The van der Waals surface area contributed by atoms with Gasteiger partial charge in [-0.05, 0) is 48.7 Å². The van der Waals surface area contributed by atoms with Gasteiger partial charge in [-0.25, -0.2) is 0 Å². The molecule has 0 aliphatic carbocycles. The molecule has 0 aromatic heterocycles. The van der Waals surface area contributed by atoms with Crippen LogP contribution in [0.1, 0.15) is 30.9 Å². The van der Waals surface area contributed by atoms with Gasteiger partial charge < -0.3 is 5.32 Å². The highest BCUT2D eigenvalue weighted by molar-refractivity contribution is 6.33. The second-order valence-electron chi connectivity index (χ2n) is 4.73. The van der Waals surface area contributed by atoms with Crippen molar-refractivity contribution in [1.29, 1.82) is 5.26 Å². The van der Waals surface area contributed by atoms with E-state index in [1.54, 1.807) is 12.1 Å². The molecule has 0 amide bonds. The van der Waals surface area contributed by atoms with Gasteiger partial charge >= 0.3 is 0 Å². The molecular weight excluding hydrogens is 268 g/mol. The van der Waals surface area contributed by atoms with Crippen LogP contribution in [0.25, 0.3) is 0 Å². The fourth-order valence-electron chi connectivity index (χ4n) is 1.98. The number of benzene rings is 2. The van der Waals surface area contributed by atoms with Crippen LogP contribution in [0.15, 0.2) is 42.5 Å². The Labute approximate surface area is 125 Å². The van der Waals surface area contributed by atoms with Crippen LogP contribution in [-0.2, 0) is 6.42 Å². The molecule has 2 nitrogen and oxygen atoms in total. The number of anilines is 2. The third-order valence-electron chi connectivity index (χ3n) is 3.15. The van der Waals surface area contributed by atoms with Gasteiger partial charge in [-0.3, -0.25) is 0 Å². The monoisotopic (exact) mass is 284 g/mol. The Kier molecular flexibility index (Phi) is 5.03. The Bertz CT molecular complexity index is 612. The molecule has 3 heteroatoms. The number of aryl methyl sites for hydroxylation is 1. The first-order valence-electron chi connectivity index (χ1n) is 6.78. The zero-order chi connectivity index (χ0) is 14.4. The standard InChI is InChI=1S/C17H17ClN2/c1-2-3-4-13-5-8-15(9-6-13)20-17-10-7-14(12-19)11-16(17)18/h5-11,20H,2-4H2,1H3. The van der Waals surface area contributed by atoms with E-state index in [1.807, 2.05) is 6.07 Å². The Morgan fingerprint density at radius 1 is 1.15 bits per heavy atom. The number of nitrogens with zero attached hydrogens (tertiary/aromatic N) is 1. The van der Waals surface area contributed by atoms with Crippen LogP contribution in [0, 0.1) is 11.3 Å². The molecule has 0 aliphatic rings. The molecule has 0 unspecified atom stereocenters. The maximum atomic E-state index is 8.81. The number of halogens is 1. The maximum Gasteiger partial charge on any atom is 0.0992 e. The molecule has 2 rings (SSSR count). The molecule has 20 heavy (non-hydrogen) atoms. The smallest absolute Gasteiger partial charge is 0.0992 e. The van der Waals surface area contributed by atoms with Gasteiger partial charge in [0.25, 0.3) is 0 Å². The molecule has 0 saturated carbocycles. The summed E-state index contributed by atoms with van der Waals surface area (Å²) in [4.78, 5) is 0. The van der Waals surface area contributed by atoms with Crippen molar-refractivity contribution in [2.75, 3.05) is 5.32 Å². The predicted molar refractivity (Wildman–Crippen MR) is 84.5 cm³/mol. The van der Waals surface area contributed by atoms with Crippen LogP contribution in [0.2, 0.25) is 5.02 Å². The topological polar surface area (TPSA) is 35.8 Å². The van der Waals surface area contributed by atoms with E-state index in [9.17, 15) is 0 Å². The lowest BCUT2D eigenvalue weighted by Gasteiger charge is -2.09.